The van der Waals surface area contributed by atoms with Crippen molar-refractivity contribution >= 4 is 17.7 Å². The minimum absolute atomic E-state index is 0.0525. The van der Waals surface area contributed by atoms with Crippen molar-refractivity contribution in [2.45, 2.75) is 38.0 Å². The van der Waals surface area contributed by atoms with Gasteiger partial charge in [-0.3, -0.25) is 19.4 Å². The molecule has 3 heterocycles. The Labute approximate surface area is 280 Å². The fourth-order valence-electron chi connectivity index (χ4n) is 6.48. The number of rotatable bonds is 11. The maximum Gasteiger partial charge on any atom is 0.246 e. The van der Waals surface area contributed by atoms with E-state index in [4.69, 9.17) is 9.72 Å². The predicted molar refractivity (Wildman–Crippen MR) is 181 cm³/mol. The number of aromatic hydroxyl groups is 1. The van der Waals surface area contributed by atoms with Gasteiger partial charge in [-0.05, 0) is 53.9 Å². The molecule has 0 unspecified atom stereocenters. The second-order valence-corrected chi connectivity index (χ2v) is 12.0. The van der Waals surface area contributed by atoms with Crippen molar-refractivity contribution in [3.8, 4) is 22.8 Å². The number of hydrogen-bond acceptors (Lipinski definition) is 7. The fourth-order valence-corrected chi connectivity index (χ4v) is 6.48. The van der Waals surface area contributed by atoms with Crippen LogP contribution in [0.4, 0.5) is 0 Å². The van der Waals surface area contributed by atoms with Gasteiger partial charge in [-0.25, -0.2) is 10.0 Å². The Morgan fingerprint density at radius 3 is 2.50 bits per heavy atom. The van der Waals surface area contributed by atoms with E-state index in [1.807, 2.05) is 72.8 Å². The molecule has 0 aliphatic carbocycles. The number of hydrazine groups is 1. The lowest BCUT2D eigenvalue weighted by Gasteiger charge is -2.55. The number of amides is 3. The Balaban J connectivity index is 1.34. The third kappa shape index (κ3) is 7.08. The van der Waals surface area contributed by atoms with Gasteiger partial charge in [0.1, 0.15) is 23.7 Å². The summed E-state index contributed by atoms with van der Waals surface area (Å²) >= 11 is 0. The monoisotopic (exact) mass is 645 g/mol. The molecule has 2 aliphatic rings. The van der Waals surface area contributed by atoms with Crippen molar-refractivity contribution < 1.29 is 24.2 Å². The van der Waals surface area contributed by atoms with Gasteiger partial charge in [0.15, 0.2) is 0 Å². The number of phenolic OH excluding ortho intramolecular Hbond substituents is 1. The second-order valence-electron chi connectivity index (χ2n) is 12.0. The van der Waals surface area contributed by atoms with Crippen molar-refractivity contribution in [3.63, 3.8) is 0 Å². The summed E-state index contributed by atoms with van der Waals surface area (Å²) in [5.41, 5.74) is 4.12. The van der Waals surface area contributed by atoms with Gasteiger partial charge in [0, 0.05) is 24.9 Å². The predicted octanol–water partition coefficient (Wildman–Crippen LogP) is 4.45. The van der Waals surface area contributed by atoms with Crippen molar-refractivity contribution in [3.05, 3.63) is 127 Å². The van der Waals surface area contributed by atoms with Crippen LogP contribution in [-0.4, -0.2) is 86.6 Å². The highest BCUT2D eigenvalue weighted by atomic mass is 16.5. The van der Waals surface area contributed by atoms with Gasteiger partial charge < -0.3 is 19.6 Å². The van der Waals surface area contributed by atoms with Crippen LogP contribution >= 0.6 is 0 Å². The number of phenols is 1. The Morgan fingerprint density at radius 1 is 0.979 bits per heavy atom. The van der Waals surface area contributed by atoms with E-state index in [1.54, 1.807) is 57.3 Å². The number of carbonyl (C=O) groups is 3. The van der Waals surface area contributed by atoms with Crippen molar-refractivity contribution in [2.75, 3.05) is 26.7 Å². The Kier molecular flexibility index (Phi) is 9.82. The third-order valence-electron chi connectivity index (χ3n) is 8.79. The fraction of sp³-hybridized carbons (Fsp3) is 0.263. The molecule has 2 fully saturated rings. The Morgan fingerprint density at radius 2 is 1.75 bits per heavy atom. The number of nitrogens with zero attached hydrogens (tertiary/aromatic N) is 5. The van der Waals surface area contributed by atoms with E-state index in [1.165, 1.54) is 0 Å². The highest BCUT2D eigenvalue weighted by Crippen LogP contribution is 2.30. The first-order valence-corrected chi connectivity index (χ1v) is 16.0. The van der Waals surface area contributed by atoms with Gasteiger partial charge >= 0.3 is 0 Å². The summed E-state index contributed by atoms with van der Waals surface area (Å²) in [5, 5.41) is 13.3. The topological polar surface area (TPSA) is 107 Å². The van der Waals surface area contributed by atoms with Gasteiger partial charge in [-0.15, -0.1) is 6.58 Å². The normalized spacial score (nSPS) is 18.1. The molecule has 2 atom stereocenters. The molecular weight excluding hydrogens is 606 g/mol. The largest absolute Gasteiger partial charge is 0.508 e. The van der Waals surface area contributed by atoms with Gasteiger partial charge in [-0.1, -0.05) is 66.7 Å². The number of piperazine rings is 1. The molecule has 246 valence electrons. The van der Waals surface area contributed by atoms with Gasteiger partial charge in [0.2, 0.25) is 17.7 Å². The van der Waals surface area contributed by atoms with Gasteiger partial charge in [0.25, 0.3) is 0 Å². The van der Waals surface area contributed by atoms with Crippen LogP contribution in [0.1, 0.15) is 23.2 Å². The summed E-state index contributed by atoms with van der Waals surface area (Å²) in [5.74, 6) is 0.226. The number of pyridine rings is 1. The summed E-state index contributed by atoms with van der Waals surface area (Å²) in [6, 6.07) is 28.9. The summed E-state index contributed by atoms with van der Waals surface area (Å²) in [4.78, 5) is 50.5. The summed E-state index contributed by atoms with van der Waals surface area (Å²) in [6.07, 6.45) is 1.95. The number of aryl methyl sites for hydroxylation is 1. The van der Waals surface area contributed by atoms with E-state index in [9.17, 15) is 19.5 Å². The molecule has 3 amide bonds. The Bertz CT molecular complexity index is 1780. The molecular formula is C38H39N5O5. The van der Waals surface area contributed by atoms with E-state index >= 15 is 0 Å². The molecule has 48 heavy (non-hydrogen) atoms. The van der Waals surface area contributed by atoms with Crippen LogP contribution in [0, 0.1) is 0 Å². The molecule has 0 spiro atoms. The number of methoxy groups -OCH3 is 1. The molecule has 2 saturated heterocycles. The van der Waals surface area contributed by atoms with Crippen molar-refractivity contribution in [2.24, 2.45) is 0 Å². The first-order chi connectivity index (χ1) is 23.3. The summed E-state index contributed by atoms with van der Waals surface area (Å²) in [6.45, 7) is 4.42. The average Bonchev–Trinajstić information content (AvgIpc) is 3.10. The first kappa shape index (κ1) is 32.5. The zero-order valence-corrected chi connectivity index (χ0v) is 26.9. The smallest absolute Gasteiger partial charge is 0.246 e. The van der Waals surface area contributed by atoms with E-state index in [0.29, 0.717) is 24.4 Å². The highest BCUT2D eigenvalue weighted by molar-refractivity contribution is 5.92. The minimum Gasteiger partial charge on any atom is -0.508 e. The van der Waals surface area contributed by atoms with Crippen LogP contribution in [0.2, 0.25) is 0 Å². The van der Waals surface area contributed by atoms with Gasteiger partial charge in [-0.2, -0.15) is 0 Å². The molecule has 0 radical (unpaired) electrons. The number of aromatic nitrogens is 1. The molecule has 1 aromatic heterocycles. The standard InChI is InChI=1S/C38H39N5O5/c1-3-21-41-26-37(46)42-34(22-28-15-18-31(44)19-16-28)38(47)40(25-35(42)43(41)36(45)20-17-27-9-5-4-6-10-27)24-30-12-8-14-33(39-30)29-11-7-13-32(23-29)48-2/h3-16,18-19,23,34-35,44H,1,17,20-22,24-26H2,2H3/t34-,35-/m0/s1. The second kappa shape index (κ2) is 14.5. The molecule has 6 rings (SSSR count). The molecule has 1 N–H and O–H groups in total. The number of hydrogen-bond donors (Lipinski definition) is 1. The number of ether oxygens (including phenoxy) is 1. The van der Waals surface area contributed by atoms with Crippen LogP contribution < -0.4 is 4.74 Å². The molecule has 2 aliphatic heterocycles. The van der Waals surface area contributed by atoms with Gasteiger partial charge in [0.05, 0.1) is 38.1 Å². The van der Waals surface area contributed by atoms with Crippen LogP contribution in [0.15, 0.2) is 110 Å². The van der Waals surface area contributed by atoms with Crippen molar-refractivity contribution in [1.82, 2.24) is 24.8 Å². The summed E-state index contributed by atoms with van der Waals surface area (Å²) < 4.78 is 5.40. The van der Waals surface area contributed by atoms with E-state index in [-0.39, 0.29) is 55.9 Å². The highest BCUT2D eigenvalue weighted by Gasteiger charge is 2.51. The zero-order valence-electron chi connectivity index (χ0n) is 26.9. The molecule has 4 aromatic rings. The van der Waals surface area contributed by atoms with Crippen LogP contribution in [-0.2, 0) is 33.8 Å². The maximum atomic E-state index is 14.3. The summed E-state index contributed by atoms with van der Waals surface area (Å²) in [7, 11) is 1.62. The van der Waals surface area contributed by atoms with Crippen LogP contribution in [0.5, 0.6) is 11.5 Å². The quantitative estimate of drug-likeness (QED) is 0.240. The lowest BCUT2D eigenvalue weighted by Crippen LogP contribution is -2.75. The van der Waals surface area contributed by atoms with Crippen LogP contribution in [0.25, 0.3) is 11.3 Å². The molecule has 10 nitrogen and oxygen atoms in total. The van der Waals surface area contributed by atoms with E-state index in [2.05, 4.69) is 6.58 Å². The third-order valence-corrected chi connectivity index (χ3v) is 8.79. The Hall–Kier alpha value is -5.48. The SMILES string of the molecule is C=CCN1CC(=O)N2[C@@H](Cc3ccc(O)cc3)C(=O)N(Cc3cccc(-c4cccc(OC)c4)n3)C[C@@H]2N1C(=O)CCc1ccccc1. The zero-order chi connectivity index (χ0) is 33.6. The molecule has 0 bridgehead atoms. The number of benzene rings is 3. The van der Waals surface area contributed by atoms with E-state index in [0.717, 1.165) is 22.4 Å². The molecule has 0 saturated carbocycles. The minimum atomic E-state index is -0.863. The van der Waals surface area contributed by atoms with E-state index < -0.39 is 12.2 Å². The van der Waals surface area contributed by atoms with Crippen LogP contribution in [0.3, 0.4) is 0 Å². The lowest BCUT2D eigenvalue weighted by molar-refractivity contribution is -0.205. The van der Waals surface area contributed by atoms with Crippen molar-refractivity contribution in [1.29, 1.82) is 0 Å². The number of fused-ring (bicyclic) bond motifs is 1. The average molecular weight is 646 g/mol. The lowest BCUT2D eigenvalue weighted by atomic mass is 9.98. The maximum absolute atomic E-state index is 14.3. The number of carbonyl (C=O) groups excluding carboxylic acids is 3. The molecule has 10 heteroatoms. The first-order valence-electron chi connectivity index (χ1n) is 16.0. The molecule has 3 aromatic carbocycles.